The van der Waals surface area contributed by atoms with Crippen LogP contribution in [0.4, 0.5) is 8.78 Å². The Balaban J connectivity index is 1.78. The van der Waals surface area contributed by atoms with Crippen LogP contribution in [0.15, 0.2) is 24.3 Å². The van der Waals surface area contributed by atoms with Gasteiger partial charge in [-0.1, -0.05) is 24.3 Å². The molecule has 6 heteroatoms. The van der Waals surface area contributed by atoms with Crippen molar-refractivity contribution in [3.05, 3.63) is 29.8 Å². The number of halogens is 2. The van der Waals surface area contributed by atoms with Crippen molar-refractivity contribution in [1.29, 1.82) is 0 Å². The molecule has 0 amide bonds. The molecule has 0 bridgehead atoms. The molecule has 2 aliphatic rings. The van der Waals surface area contributed by atoms with Crippen molar-refractivity contribution in [3.8, 4) is 0 Å². The second kappa shape index (κ2) is 5.54. The fraction of sp³-hybridized carbons (Fsp3) is 0.647. The van der Waals surface area contributed by atoms with Crippen LogP contribution in [0, 0.1) is 0 Å². The maximum absolute atomic E-state index is 14.0. The Kier molecular flexibility index (Phi) is 4.06. The lowest BCUT2D eigenvalue weighted by atomic mass is 9.77. The van der Waals surface area contributed by atoms with Gasteiger partial charge in [0.05, 0.1) is 23.7 Å². The predicted molar refractivity (Wildman–Crippen MR) is 87.3 cm³/mol. The van der Waals surface area contributed by atoms with Crippen molar-refractivity contribution in [1.82, 2.24) is 5.32 Å². The number of alkyl halides is 2. The molecule has 0 saturated carbocycles. The minimum absolute atomic E-state index is 0.253. The highest BCUT2D eigenvalue weighted by Crippen LogP contribution is 2.38. The fourth-order valence-electron chi connectivity index (χ4n) is 3.11. The lowest BCUT2D eigenvalue weighted by molar-refractivity contribution is -0.0420. The summed E-state index contributed by atoms with van der Waals surface area (Å²) < 4.78 is 40.1. The number of rotatable bonds is 2. The van der Waals surface area contributed by atoms with Crippen molar-refractivity contribution < 1.29 is 18.1 Å². The standard InChI is InChI=1S/C17H24BF2NO2/c1-15(2)16(3,4)23-18(22-15)13-7-5-12(6-8-13)14-9-10-21-11-17(14,19)20/h5-8,14,21H,9-11H2,1-4H3. The number of nitrogens with one attached hydrogen (secondary N) is 1. The summed E-state index contributed by atoms with van der Waals surface area (Å²) in [5.41, 5.74) is 0.734. The molecule has 0 aromatic heterocycles. The van der Waals surface area contributed by atoms with E-state index in [9.17, 15) is 8.78 Å². The molecular formula is C17H24BF2NO2. The van der Waals surface area contributed by atoms with Gasteiger partial charge in [0.1, 0.15) is 0 Å². The molecule has 126 valence electrons. The Hall–Kier alpha value is -0.975. The normalized spacial score (nSPS) is 28.8. The molecule has 1 atom stereocenters. The third-order valence-electron chi connectivity index (χ3n) is 5.34. The molecule has 2 fully saturated rings. The summed E-state index contributed by atoms with van der Waals surface area (Å²) >= 11 is 0. The highest BCUT2D eigenvalue weighted by Gasteiger charge is 2.51. The van der Waals surface area contributed by atoms with Crippen LogP contribution < -0.4 is 10.8 Å². The SMILES string of the molecule is CC1(C)OB(c2ccc(C3CCNCC3(F)F)cc2)OC1(C)C. The quantitative estimate of drug-likeness (QED) is 0.849. The van der Waals surface area contributed by atoms with Crippen LogP contribution in [0.2, 0.25) is 0 Å². The van der Waals surface area contributed by atoms with E-state index in [1.54, 1.807) is 12.1 Å². The molecule has 3 nitrogen and oxygen atoms in total. The zero-order valence-electron chi connectivity index (χ0n) is 14.2. The van der Waals surface area contributed by atoms with E-state index in [-0.39, 0.29) is 6.54 Å². The third kappa shape index (κ3) is 3.04. The number of benzene rings is 1. The van der Waals surface area contributed by atoms with Crippen LogP contribution in [-0.2, 0) is 9.31 Å². The molecule has 1 aromatic rings. The molecule has 0 spiro atoms. The van der Waals surface area contributed by atoms with Gasteiger partial charge in [0.15, 0.2) is 0 Å². The second-order valence-corrected chi connectivity index (χ2v) is 7.53. The first kappa shape index (κ1) is 16.9. The van der Waals surface area contributed by atoms with Gasteiger partial charge in [0.2, 0.25) is 0 Å². The van der Waals surface area contributed by atoms with E-state index in [0.29, 0.717) is 18.5 Å². The molecular weight excluding hydrogens is 299 g/mol. The zero-order valence-corrected chi connectivity index (χ0v) is 14.2. The van der Waals surface area contributed by atoms with Gasteiger partial charge in [-0.3, -0.25) is 0 Å². The lowest BCUT2D eigenvalue weighted by Crippen LogP contribution is -2.44. The van der Waals surface area contributed by atoms with E-state index in [1.807, 2.05) is 39.8 Å². The molecule has 2 heterocycles. The van der Waals surface area contributed by atoms with Gasteiger partial charge in [-0.15, -0.1) is 0 Å². The zero-order chi connectivity index (χ0) is 16.9. The largest absolute Gasteiger partial charge is 0.494 e. The van der Waals surface area contributed by atoms with Gasteiger partial charge >= 0.3 is 7.12 Å². The maximum atomic E-state index is 14.0. The van der Waals surface area contributed by atoms with Gasteiger partial charge in [0, 0.05) is 0 Å². The molecule has 1 aromatic carbocycles. The van der Waals surface area contributed by atoms with Gasteiger partial charge in [-0.25, -0.2) is 8.78 Å². The monoisotopic (exact) mass is 323 g/mol. The van der Waals surface area contributed by atoms with Crippen molar-refractivity contribution in [2.24, 2.45) is 0 Å². The van der Waals surface area contributed by atoms with E-state index in [0.717, 1.165) is 5.46 Å². The van der Waals surface area contributed by atoms with Gasteiger partial charge in [-0.2, -0.15) is 0 Å². The van der Waals surface area contributed by atoms with Crippen LogP contribution in [0.5, 0.6) is 0 Å². The first-order chi connectivity index (χ1) is 10.6. The van der Waals surface area contributed by atoms with Crippen LogP contribution >= 0.6 is 0 Å². The summed E-state index contributed by atoms with van der Waals surface area (Å²) in [5.74, 6) is -3.43. The Bertz CT molecular complexity index is 558. The smallest absolute Gasteiger partial charge is 0.399 e. The Morgan fingerprint density at radius 1 is 1.04 bits per heavy atom. The van der Waals surface area contributed by atoms with E-state index in [2.05, 4.69) is 5.32 Å². The van der Waals surface area contributed by atoms with Crippen LogP contribution in [0.3, 0.4) is 0 Å². The fourth-order valence-corrected chi connectivity index (χ4v) is 3.11. The van der Waals surface area contributed by atoms with Crippen molar-refractivity contribution in [2.45, 2.75) is 57.2 Å². The molecule has 3 rings (SSSR count). The maximum Gasteiger partial charge on any atom is 0.494 e. The summed E-state index contributed by atoms with van der Waals surface area (Å²) in [6, 6.07) is 7.25. The average Bonchev–Trinajstić information content (AvgIpc) is 2.67. The highest BCUT2D eigenvalue weighted by molar-refractivity contribution is 6.62. The van der Waals surface area contributed by atoms with Crippen molar-refractivity contribution >= 4 is 12.6 Å². The van der Waals surface area contributed by atoms with E-state index >= 15 is 0 Å². The van der Waals surface area contributed by atoms with Crippen molar-refractivity contribution in [3.63, 3.8) is 0 Å². The van der Waals surface area contributed by atoms with E-state index in [4.69, 9.17) is 9.31 Å². The van der Waals surface area contributed by atoms with E-state index in [1.165, 1.54) is 0 Å². The molecule has 0 radical (unpaired) electrons. The number of hydrogen-bond donors (Lipinski definition) is 1. The molecule has 1 unspecified atom stereocenters. The molecule has 0 aliphatic carbocycles. The van der Waals surface area contributed by atoms with E-state index < -0.39 is 30.2 Å². The Morgan fingerprint density at radius 3 is 2.13 bits per heavy atom. The van der Waals surface area contributed by atoms with Crippen molar-refractivity contribution in [2.75, 3.05) is 13.1 Å². The number of piperidine rings is 1. The summed E-state index contributed by atoms with van der Waals surface area (Å²) in [4.78, 5) is 0. The minimum atomic E-state index is -2.70. The van der Waals surface area contributed by atoms with Crippen LogP contribution in [0.1, 0.15) is 45.6 Å². The Labute approximate surface area is 136 Å². The average molecular weight is 323 g/mol. The third-order valence-corrected chi connectivity index (χ3v) is 5.34. The van der Waals surface area contributed by atoms with Crippen LogP contribution in [0.25, 0.3) is 0 Å². The van der Waals surface area contributed by atoms with Gasteiger partial charge in [-0.05, 0) is 51.7 Å². The van der Waals surface area contributed by atoms with Gasteiger partial charge in [0.25, 0.3) is 5.92 Å². The molecule has 2 saturated heterocycles. The molecule has 23 heavy (non-hydrogen) atoms. The number of hydrogen-bond acceptors (Lipinski definition) is 3. The minimum Gasteiger partial charge on any atom is -0.399 e. The first-order valence-corrected chi connectivity index (χ1v) is 8.16. The Morgan fingerprint density at radius 2 is 1.61 bits per heavy atom. The topological polar surface area (TPSA) is 30.5 Å². The summed E-state index contributed by atoms with van der Waals surface area (Å²) in [6.45, 7) is 8.36. The summed E-state index contributed by atoms with van der Waals surface area (Å²) in [7, 11) is -0.456. The van der Waals surface area contributed by atoms with Crippen LogP contribution in [-0.4, -0.2) is 37.3 Å². The highest BCUT2D eigenvalue weighted by atomic mass is 19.3. The molecule has 1 N–H and O–H groups in total. The van der Waals surface area contributed by atoms with Gasteiger partial charge < -0.3 is 14.6 Å². The summed E-state index contributed by atoms with van der Waals surface area (Å²) in [6.07, 6.45) is 0.447. The molecule has 2 aliphatic heterocycles. The summed E-state index contributed by atoms with van der Waals surface area (Å²) in [5, 5.41) is 2.76. The second-order valence-electron chi connectivity index (χ2n) is 7.53. The first-order valence-electron chi connectivity index (χ1n) is 8.16. The predicted octanol–water partition coefficient (Wildman–Crippen LogP) is 2.70. The lowest BCUT2D eigenvalue weighted by Gasteiger charge is -2.32.